The van der Waals surface area contributed by atoms with Gasteiger partial charge in [-0.05, 0) is 35.9 Å². The number of nitrogens with two attached hydrogens (primary N) is 1. The van der Waals surface area contributed by atoms with Crippen molar-refractivity contribution in [3.8, 4) is 5.75 Å². The van der Waals surface area contributed by atoms with Crippen molar-refractivity contribution in [3.63, 3.8) is 0 Å². The third-order valence-electron chi connectivity index (χ3n) is 4.31. The monoisotopic (exact) mass is 407 g/mol. The van der Waals surface area contributed by atoms with Gasteiger partial charge in [-0.1, -0.05) is 53.5 Å². The maximum atomic E-state index is 10.3. The first kappa shape index (κ1) is 17.3. The van der Waals surface area contributed by atoms with Crippen LogP contribution in [0.15, 0.2) is 53.0 Å². The zero-order chi connectivity index (χ0) is 17.3. The molecule has 2 aromatic rings. The molecule has 0 radical (unpaired) electrons. The van der Waals surface area contributed by atoms with Crippen LogP contribution in [0, 0.1) is 5.92 Å². The van der Waals surface area contributed by atoms with Crippen LogP contribution >= 0.6 is 27.5 Å². The lowest BCUT2D eigenvalue weighted by Crippen LogP contribution is -2.96. The van der Waals surface area contributed by atoms with Crippen molar-refractivity contribution >= 4 is 33.2 Å². The molecule has 4 N–H and O–H groups in total. The zero-order valence-electron chi connectivity index (χ0n) is 13.6. The Morgan fingerprint density at radius 2 is 1.88 bits per heavy atom. The first-order chi connectivity index (χ1) is 11.4. The van der Waals surface area contributed by atoms with E-state index in [4.69, 9.17) is 11.6 Å². The summed E-state index contributed by atoms with van der Waals surface area (Å²) >= 11 is 9.51. The van der Waals surface area contributed by atoms with Gasteiger partial charge in [-0.15, -0.1) is 0 Å². The number of phenolic OH excluding ortho intramolecular Hbond substituents is 1. The predicted molar refractivity (Wildman–Crippen MR) is 102 cm³/mol. The van der Waals surface area contributed by atoms with E-state index in [9.17, 15) is 5.11 Å². The van der Waals surface area contributed by atoms with Crippen LogP contribution in [0.2, 0.25) is 5.02 Å². The quantitative estimate of drug-likeness (QED) is 0.718. The largest absolute Gasteiger partial charge is 0.507 e. The molecule has 3 rings (SSSR count). The lowest BCUT2D eigenvalue weighted by Gasteiger charge is -2.32. The molecule has 0 aromatic heterocycles. The fourth-order valence-corrected chi connectivity index (χ4v) is 3.42. The molecule has 2 aromatic carbocycles. The molecule has 0 spiro atoms. The van der Waals surface area contributed by atoms with Crippen molar-refractivity contribution in [3.05, 3.63) is 69.2 Å². The topological polar surface area (TPSA) is 48.9 Å². The second-order valence-corrected chi connectivity index (χ2v) is 7.77. The Hall–Kier alpha value is -1.49. The van der Waals surface area contributed by atoms with Crippen molar-refractivity contribution in [1.82, 2.24) is 5.32 Å². The third-order valence-corrected chi connectivity index (χ3v) is 5.05. The van der Waals surface area contributed by atoms with Gasteiger partial charge in [-0.3, -0.25) is 0 Å². The second-order valence-electron chi connectivity index (χ2n) is 6.42. The highest BCUT2D eigenvalue weighted by molar-refractivity contribution is 9.10. The Kier molecular flexibility index (Phi) is 5.18. The number of nitrogens with one attached hydrogen (secondary N) is 1. The number of quaternary nitrogens is 1. The summed E-state index contributed by atoms with van der Waals surface area (Å²) in [4.78, 5) is 0. The van der Waals surface area contributed by atoms with Crippen molar-refractivity contribution in [2.75, 3.05) is 0 Å². The second kappa shape index (κ2) is 7.18. The van der Waals surface area contributed by atoms with Gasteiger partial charge in [0.15, 0.2) is 6.17 Å². The van der Waals surface area contributed by atoms with E-state index in [0.717, 1.165) is 26.3 Å². The van der Waals surface area contributed by atoms with Gasteiger partial charge in [0.25, 0.3) is 0 Å². The standard InChI is InChI=1S/C19H20BrClN2O/c1-11(2)19-22-16(12-3-6-14(21)7-4-12)10-17(23-19)15-9-13(20)5-8-18(15)24/h3-11,17,19,22-24H,1-2H3/p+1. The van der Waals surface area contributed by atoms with Crippen molar-refractivity contribution in [2.24, 2.45) is 5.92 Å². The zero-order valence-corrected chi connectivity index (χ0v) is 16.0. The highest BCUT2D eigenvalue weighted by atomic mass is 79.9. The Bertz CT molecular complexity index is 758. The molecule has 0 bridgehead atoms. The number of hydrogen-bond acceptors (Lipinski definition) is 2. The Morgan fingerprint density at radius 1 is 1.17 bits per heavy atom. The SMILES string of the molecule is CC(C)C1NC(c2ccc(Cl)cc2)=CC(c2cc(Br)ccc2O)[NH2+]1. The molecule has 5 heteroatoms. The molecule has 2 atom stereocenters. The number of halogens is 2. The van der Waals surface area contributed by atoms with Gasteiger partial charge in [0.1, 0.15) is 11.8 Å². The van der Waals surface area contributed by atoms with Crippen LogP contribution in [-0.2, 0) is 0 Å². The summed E-state index contributed by atoms with van der Waals surface area (Å²) < 4.78 is 0.963. The fraction of sp³-hybridized carbons (Fsp3) is 0.263. The minimum atomic E-state index is 0.0434. The maximum Gasteiger partial charge on any atom is 0.162 e. The smallest absolute Gasteiger partial charge is 0.162 e. The molecule has 3 nitrogen and oxygen atoms in total. The number of benzene rings is 2. The first-order valence-electron chi connectivity index (χ1n) is 8.02. The number of aromatic hydroxyl groups is 1. The summed E-state index contributed by atoms with van der Waals surface area (Å²) in [5.41, 5.74) is 3.07. The molecular weight excluding hydrogens is 388 g/mol. The summed E-state index contributed by atoms with van der Waals surface area (Å²) in [6, 6.07) is 13.4. The molecule has 0 aliphatic carbocycles. The van der Waals surface area contributed by atoms with E-state index in [1.54, 1.807) is 6.07 Å². The molecule has 1 heterocycles. The summed E-state index contributed by atoms with van der Waals surface area (Å²) in [6.07, 6.45) is 2.38. The van der Waals surface area contributed by atoms with Crippen LogP contribution in [0.1, 0.15) is 31.0 Å². The highest BCUT2D eigenvalue weighted by Gasteiger charge is 2.30. The van der Waals surface area contributed by atoms with Crippen molar-refractivity contribution in [1.29, 1.82) is 0 Å². The summed E-state index contributed by atoms with van der Waals surface area (Å²) in [5.74, 6) is 0.758. The van der Waals surface area contributed by atoms with E-state index < -0.39 is 0 Å². The molecule has 0 saturated heterocycles. The van der Waals surface area contributed by atoms with E-state index in [0.29, 0.717) is 11.7 Å². The van der Waals surface area contributed by atoms with E-state index in [-0.39, 0.29) is 12.2 Å². The Morgan fingerprint density at radius 3 is 2.54 bits per heavy atom. The van der Waals surface area contributed by atoms with Crippen LogP contribution in [0.3, 0.4) is 0 Å². The highest BCUT2D eigenvalue weighted by Crippen LogP contribution is 2.30. The molecule has 24 heavy (non-hydrogen) atoms. The van der Waals surface area contributed by atoms with Gasteiger partial charge in [0.05, 0.1) is 5.56 Å². The molecule has 0 saturated carbocycles. The number of hydrogen-bond donors (Lipinski definition) is 3. The fourth-order valence-electron chi connectivity index (χ4n) is 2.92. The van der Waals surface area contributed by atoms with E-state index in [2.05, 4.69) is 46.5 Å². The molecule has 126 valence electrons. The number of phenols is 1. The first-order valence-corrected chi connectivity index (χ1v) is 9.19. The Balaban J connectivity index is 2.02. The molecule has 0 fully saturated rings. The summed E-state index contributed by atoms with van der Waals surface area (Å²) in [5, 5.41) is 16.9. The average molecular weight is 409 g/mol. The lowest BCUT2D eigenvalue weighted by atomic mass is 9.97. The molecular formula is C19H21BrClN2O+. The van der Waals surface area contributed by atoms with E-state index in [1.165, 1.54) is 0 Å². The van der Waals surface area contributed by atoms with Crippen LogP contribution < -0.4 is 10.6 Å². The van der Waals surface area contributed by atoms with Gasteiger partial charge >= 0.3 is 0 Å². The van der Waals surface area contributed by atoms with E-state index in [1.807, 2.05) is 36.4 Å². The van der Waals surface area contributed by atoms with Gasteiger partial charge in [-0.25, -0.2) is 0 Å². The minimum Gasteiger partial charge on any atom is -0.507 e. The number of rotatable bonds is 3. The maximum absolute atomic E-state index is 10.3. The normalized spacial score (nSPS) is 20.6. The van der Waals surface area contributed by atoms with Gasteiger partial charge < -0.3 is 15.7 Å². The van der Waals surface area contributed by atoms with Gasteiger partial charge in [-0.2, -0.15) is 0 Å². The lowest BCUT2D eigenvalue weighted by molar-refractivity contribution is -0.729. The summed E-state index contributed by atoms with van der Waals surface area (Å²) in [6.45, 7) is 4.38. The van der Waals surface area contributed by atoms with Crippen LogP contribution in [0.5, 0.6) is 5.75 Å². The Labute approximate surface area is 155 Å². The molecule has 0 amide bonds. The van der Waals surface area contributed by atoms with Gasteiger partial charge in [0, 0.05) is 27.2 Å². The average Bonchev–Trinajstić information content (AvgIpc) is 2.57. The van der Waals surface area contributed by atoms with Crippen LogP contribution in [-0.4, -0.2) is 11.3 Å². The molecule has 2 unspecified atom stereocenters. The van der Waals surface area contributed by atoms with Crippen molar-refractivity contribution in [2.45, 2.75) is 26.1 Å². The van der Waals surface area contributed by atoms with Gasteiger partial charge in [0.2, 0.25) is 0 Å². The summed E-state index contributed by atoms with van der Waals surface area (Å²) in [7, 11) is 0. The van der Waals surface area contributed by atoms with Crippen molar-refractivity contribution < 1.29 is 10.4 Å². The molecule has 1 aliphatic rings. The van der Waals surface area contributed by atoms with Crippen LogP contribution in [0.4, 0.5) is 0 Å². The minimum absolute atomic E-state index is 0.0434. The third kappa shape index (κ3) is 3.77. The van der Waals surface area contributed by atoms with E-state index >= 15 is 0 Å². The molecule has 1 aliphatic heterocycles. The van der Waals surface area contributed by atoms with Crippen LogP contribution in [0.25, 0.3) is 5.70 Å². The predicted octanol–water partition coefficient (Wildman–Crippen LogP) is 4.04.